The van der Waals surface area contributed by atoms with Crippen LogP contribution < -0.4 is 5.32 Å². The number of amides is 2. The highest BCUT2D eigenvalue weighted by Crippen LogP contribution is 2.46. The van der Waals surface area contributed by atoms with Crippen LogP contribution in [0.3, 0.4) is 0 Å². The highest BCUT2D eigenvalue weighted by molar-refractivity contribution is 6.30. The summed E-state index contributed by atoms with van der Waals surface area (Å²) in [5.74, 6) is -1.15. The number of rotatable bonds is 7. The van der Waals surface area contributed by atoms with Crippen LogP contribution in [0.2, 0.25) is 5.02 Å². The Morgan fingerprint density at radius 2 is 1.59 bits per heavy atom. The molecule has 6 nitrogen and oxygen atoms in total. The van der Waals surface area contributed by atoms with Crippen LogP contribution in [0, 0.1) is 5.92 Å². The first-order valence-electron chi connectivity index (χ1n) is 13.5. The van der Waals surface area contributed by atoms with E-state index in [4.69, 9.17) is 16.3 Å². The lowest BCUT2D eigenvalue weighted by Crippen LogP contribution is -2.52. The fraction of sp³-hybridized carbons (Fsp3) is 0.344. The fourth-order valence-electron chi connectivity index (χ4n) is 6.09. The van der Waals surface area contributed by atoms with Gasteiger partial charge in [-0.05, 0) is 67.0 Å². The van der Waals surface area contributed by atoms with E-state index >= 15 is 0 Å². The molecule has 0 saturated heterocycles. The zero-order valence-corrected chi connectivity index (χ0v) is 22.8. The van der Waals surface area contributed by atoms with E-state index in [0.29, 0.717) is 49.2 Å². The lowest BCUT2D eigenvalue weighted by Gasteiger charge is -2.47. The van der Waals surface area contributed by atoms with Crippen molar-refractivity contribution in [2.45, 2.75) is 50.1 Å². The smallest absolute Gasteiger partial charge is 0.308 e. The van der Waals surface area contributed by atoms with Crippen molar-refractivity contribution < 1.29 is 19.1 Å². The zero-order chi connectivity index (χ0) is 27.4. The molecule has 1 fully saturated rings. The Bertz CT molecular complexity index is 1320. The van der Waals surface area contributed by atoms with E-state index in [0.717, 1.165) is 16.7 Å². The third-order valence-electron chi connectivity index (χ3n) is 8.05. The number of fused-ring (bicyclic) bond motifs is 1. The predicted molar refractivity (Wildman–Crippen MR) is 150 cm³/mol. The summed E-state index contributed by atoms with van der Waals surface area (Å²) < 4.78 is 4.97. The van der Waals surface area contributed by atoms with Crippen LogP contribution in [0.1, 0.15) is 64.7 Å². The molecule has 1 aliphatic heterocycles. The fourth-order valence-corrected chi connectivity index (χ4v) is 6.22. The molecule has 3 aromatic carbocycles. The lowest BCUT2D eigenvalue weighted by molar-refractivity contribution is -0.146. The van der Waals surface area contributed by atoms with E-state index in [-0.39, 0.29) is 29.7 Å². The topological polar surface area (TPSA) is 75.7 Å². The molecule has 202 valence electrons. The highest BCUT2D eigenvalue weighted by Gasteiger charge is 2.47. The monoisotopic (exact) mass is 544 g/mol. The van der Waals surface area contributed by atoms with Crippen LogP contribution in [0.15, 0.2) is 78.9 Å². The molecule has 1 aliphatic carbocycles. The Balaban J connectivity index is 1.49. The molecule has 7 heteroatoms. The first-order chi connectivity index (χ1) is 19.0. The second kappa shape index (κ2) is 12.0. The minimum absolute atomic E-state index is 0.0830. The van der Waals surface area contributed by atoms with Gasteiger partial charge in [-0.3, -0.25) is 14.4 Å². The molecule has 1 N–H and O–H groups in total. The third-order valence-corrected chi connectivity index (χ3v) is 8.30. The molecule has 2 atom stereocenters. The second-order valence-corrected chi connectivity index (χ2v) is 10.8. The Labute approximate surface area is 234 Å². The van der Waals surface area contributed by atoms with E-state index in [9.17, 15) is 14.4 Å². The second-order valence-electron chi connectivity index (χ2n) is 10.3. The molecule has 0 spiro atoms. The number of nitrogens with zero attached hydrogens (tertiary/aromatic N) is 1. The maximum Gasteiger partial charge on any atom is 0.308 e. The van der Waals surface area contributed by atoms with Crippen LogP contribution in [0.4, 0.5) is 0 Å². The number of hydrogen-bond donors (Lipinski definition) is 1. The molecule has 2 aliphatic rings. The molecule has 0 radical (unpaired) electrons. The number of methoxy groups -OCH3 is 1. The number of carbonyl (C=O) groups is 3. The van der Waals surface area contributed by atoms with Crippen LogP contribution in [0.25, 0.3) is 0 Å². The van der Waals surface area contributed by atoms with Gasteiger partial charge >= 0.3 is 5.97 Å². The number of nitrogens with one attached hydrogen (secondary N) is 1. The summed E-state index contributed by atoms with van der Waals surface area (Å²) in [6, 6.07) is 24.3. The van der Waals surface area contributed by atoms with Crippen LogP contribution in [-0.2, 0) is 20.7 Å². The maximum atomic E-state index is 14.1. The summed E-state index contributed by atoms with van der Waals surface area (Å²) in [5, 5.41) is 3.75. The van der Waals surface area contributed by atoms with Gasteiger partial charge < -0.3 is 15.0 Å². The summed E-state index contributed by atoms with van der Waals surface area (Å²) in [4.78, 5) is 42.1. The molecule has 0 aromatic heterocycles. The molecule has 2 amide bonds. The first kappa shape index (κ1) is 26.9. The van der Waals surface area contributed by atoms with Gasteiger partial charge in [-0.2, -0.15) is 0 Å². The van der Waals surface area contributed by atoms with E-state index in [1.807, 2.05) is 71.6 Å². The molecular weight excluding hydrogens is 512 g/mol. The van der Waals surface area contributed by atoms with Gasteiger partial charge in [-0.25, -0.2) is 0 Å². The van der Waals surface area contributed by atoms with E-state index < -0.39 is 12.0 Å². The highest BCUT2D eigenvalue weighted by atomic mass is 35.5. The van der Waals surface area contributed by atoms with Crippen molar-refractivity contribution in [3.63, 3.8) is 0 Å². The Kier molecular flexibility index (Phi) is 8.32. The van der Waals surface area contributed by atoms with Gasteiger partial charge in [0.1, 0.15) is 0 Å². The zero-order valence-electron chi connectivity index (χ0n) is 22.0. The first-order valence-corrected chi connectivity index (χ1v) is 13.9. The van der Waals surface area contributed by atoms with E-state index in [2.05, 4.69) is 5.32 Å². The van der Waals surface area contributed by atoms with Crippen LogP contribution in [-0.4, -0.2) is 42.4 Å². The number of carbonyl (C=O) groups excluding carboxylic acids is 3. The quantitative estimate of drug-likeness (QED) is 0.386. The normalized spacial score (nSPS) is 22.6. The summed E-state index contributed by atoms with van der Waals surface area (Å²) in [7, 11) is 1.41. The predicted octanol–water partition coefficient (Wildman–Crippen LogP) is 5.71. The average Bonchev–Trinajstić information content (AvgIpc) is 2.98. The molecule has 0 unspecified atom stereocenters. The van der Waals surface area contributed by atoms with Crippen molar-refractivity contribution >= 4 is 29.4 Å². The van der Waals surface area contributed by atoms with Crippen molar-refractivity contribution in [3.05, 3.63) is 106 Å². The minimum atomic E-state index is -0.589. The maximum absolute atomic E-state index is 14.1. The van der Waals surface area contributed by atoms with Gasteiger partial charge in [0.05, 0.1) is 25.0 Å². The lowest BCUT2D eigenvalue weighted by atomic mass is 9.76. The van der Waals surface area contributed by atoms with Crippen molar-refractivity contribution in [1.82, 2.24) is 10.2 Å². The number of ether oxygens (including phenoxy) is 1. The van der Waals surface area contributed by atoms with Crippen molar-refractivity contribution in [1.29, 1.82) is 0 Å². The van der Waals surface area contributed by atoms with Gasteiger partial charge in [-0.15, -0.1) is 0 Å². The molecular formula is C32H33ClN2O4. The molecule has 39 heavy (non-hydrogen) atoms. The summed E-state index contributed by atoms with van der Waals surface area (Å²) in [6.45, 7) is 0.493. The van der Waals surface area contributed by atoms with Crippen LogP contribution >= 0.6 is 11.6 Å². The molecule has 5 rings (SSSR count). The van der Waals surface area contributed by atoms with Crippen molar-refractivity contribution in [2.24, 2.45) is 5.92 Å². The summed E-state index contributed by atoms with van der Waals surface area (Å²) >= 11 is 6.23. The van der Waals surface area contributed by atoms with Gasteiger partial charge in [-0.1, -0.05) is 72.3 Å². The van der Waals surface area contributed by atoms with Crippen LogP contribution in [0.5, 0.6) is 0 Å². The average molecular weight is 545 g/mol. The Morgan fingerprint density at radius 3 is 2.28 bits per heavy atom. The van der Waals surface area contributed by atoms with E-state index in [1.165, 1.54) is 7.11 Å². The number of esters is 1. The molecule has 1 heterocycles. The van der Waals surface area contributed by atoms with Gasteiger partial charge in [0.2, 0.25) is 5.91 Å². The summed E-state index contributed by atoms with van der Waals surface area (Å²) in [5.41, 5.74) is 3.30. The van der Waals surface area contributed by atoms with Gasteiger partial charge in [0.15, 0.2) is 0 Å². The molecule has 0 bridgehead atoms. The SMILES string of the molecule is COC(=O)[C@H]1CC[C@@H](N2C(=O)c3ccccc3[C@@H](C(=O)NCCc3ccccc3)[C@@H]2c2ccc(Cl)cc2)CC1. The summed E-state index contributed by atoms with van der Waals surface area (Å²) in [6.07, 6.45) is 3.33. The molecule has 1 saturated carbocycles. The molecule has 3 aromatic rings. The van der Waals surface area contributed by atoms with E-state index in [1.54, 1.807) is 12.1 Å². The Morgan fingerprint density at radius 1 is 0.923 bits per heavy atom. The minimum Gasteiger partial charge on any atom is -0.469 e. The third kappa shape index (κ3) is 5.71. The van der Waals surface area contributed by atoms with Crippen molar-refractivity contribution in [2.75, 3.05) is 13.7 Å². The van der Waals surface area contributed by atoms with Gasteiger partial charge in [0, 0.05) is 23.2 Å². The standard InChI is InChI=1S/C32H33ClN2O4/c1-39-32(38)23-13-17-25(18-14-23)35-29(22-11-15-24(33)16-12-22)28(26-9-5-6-10-27(26)31(35)37)30(36)34-20-19-21-7-3-2-4-8-21/h2-12,15-16,23,25,28-29H,13-14,17-20H2,1H3,(H,34,36)/t23-,25+,28-,29+/m1/s1. The largest absolute Gasteiger partial charge is 0.469 e. The van der Waals surface area contributed by atoms with Gasteiger partial charge in [0.25, 0.3) is 5.91 Å². The number of benzene rings is 3. The number of hydrogen-bond acceptors (Lipinski definition) is 4. The number of halogens is 1. The Hall–Kier alpha value is -3.64. The van der Waals surface area contributed by atoms with Crippen molar-refractivity contribution in [3.8, 4) is 0 Å².